The van der Waals surface area contributed by atoms with Gasteiger partial charge in [-0.2, -0.15) is 0 Å². The molecule has 0 aliphatic carbocycles. The third kappa shape index (κ3) is 3.36. The van der Waals surface area contributed by atoms with Gasteiger partial charge >= 0.3 is 0 Å². The standard InChI is InChI=1S/C20H20N4O2/c1-15-7-9-17(10-8-15)24-13-18(21-22-24)20(25)23-11-12-26-19(14-23)16-5-3-2-4-6-16/h2-10,13,19H,11-12,14H2,1H3. The van der Waals surface area contributed by atoms with Crippen molar-refractivity contribution in [2.45, 2.75) is 13.0 Å². The number of nitrogens with zero attached hydrogens (tertiary/aromatic N) is 4. The first-order valence-electron chi connectivity index (χ1n) is 8.66. The van der Waals surface area contributed by atoms with E-state index in [1.807, 2.05) is 61.5 Å². The van der Waals surface area contributed by atoms with Crippen LogP contribution in [0.5, 0.6) is 0 Å². The topological polar surface area (TPSA) is 60.2 Å². The lowest BCUT2D eigenvalue weighted by Gasteiger charge is -2.32. The largest absolute Gasteiger partial charge is 0.370 e. The van der Waals surface area contributed by atoms with E-state index in [0.29, 0.717) is 25.4 Å². The van der Waals surface area contributed by atoms with Crippen LogP contribution < -0.4 is 0 Å². The molecule has 0 saturated carbocycles. The number of morpholine rings is 1. The SMILES string of the molecule is Cc1ccc(-n2cc(C(=O)N3CCOC(c4ccccc4)C3)nn2)cc1. The van der Waals surface area contributed by atoms with Crippen molar-refractivity contribution in [2.24, 2.45) is 0 Å². The zero-order valence-electron chi connectivity index (χ0n) is 14.6. The number of amides is 1. The molecular formula is C20H20N4O2. The Balaban J connectivity index is 1.50. The molecule has 2 heterocycles. The van der Waals surface area contributed by atoms with E-state index in [9.17, 15) is 4.79 Å². The Morgan fingerprint density at radius 3 is 2.65 bits per heavy atom. The van der Waals surface area contributed by atoms with Crippen LogP contribution in [-0.4, -0.2) is 45.5 Å². The number of hydrogen-bond acceptors (Lipinski definition) is 4. The zero-order chi connectivity index (χ0) is 17.9. The highest BCUT2D eigenvalue weighted by atomic mass is 16.5. The Hall–Kier alpha value is -2.99. The smallest absolute Gasteiger partial charge is 0.276 e. The average molecular weight is 348 g/mol. The second kappa shape index (κ2) is 7.09. The summed E-state index contributed by atoms with van der Waals surface area (Å²) in [5.41, 5.74) is 3.48. The number of carbonyl (C=O) groups excluding carboxylic acids is 1. The van der Waals surface area contributed by atoms with Crippen molar-refractivity contribution < 1.29 is 9.53 Å². The predicted octanol–water partition coefficient (Wildman–Crippen LogP) is 2.79. The Kier molecular flexibility index (Phi) is 4.50. The van der Waals surface area contributed by atoms with Gasteiger partial charge in [-0.1, -0.05) is 53.2 Å². The molecule has 26 heavy (non-hydrogen) atoms. The van der Waals surface area contributed by atoms with Crippen molar-refractivity contribution in [1.29, 1.82) is 0 Å². The second-order valence-electron chi connectivity index (χ2n) is 6.41. The molecule has 3 aromatic rings. The lowest BCUT2D eigenvalue weighted by atomic mass is 10.1. The van der Waals surface area contributed by atoms with Gasteiger partial charge in [-0.05, 0) is 24.6 Å². The molecule has 6 nitrogen and oxygen atoms in total. The molecule has 1 atom stereocenters. The first kappa shape index (κ1) is 16.5. The van der Waals surface area contributed by atoms with Gasteiger partial charge < -0.3 is 9.64 Å². The summed E-state index contributed by atoms with van der Waals surface area (Å²) >= 11 is 0. The number of ether oxygens (including phenoxy) is 1. The third-order valence-corrected chi connectivity index (χ3v) is 4.54. The molecule has 1 unspecified atom stereocenters. The maximum Gasteiger partial charge on any atom is 0.276 e. The van der Waals surface area contributed by atoms with Gasteiger partial charge in [0.15, 0.2) is 5.69 Å². The minimum atomic E-state index is -0.118. The van der Waals surface area contributed by atoms with Crippen LogP contribution in [0.25, 0.3) is 5.69 Å². The number of carbonyl (C=O) groups is 1. The van der Waals surface area contributed by atoms with E-state index in [2.05, 4.69) is 10.3 Å². The van der Waals surface area contributed by atoms with Crippen LogP contribution >= 0.6 is 0 Å². The summed E-state index contributed by atoms with van der Waals surface area (Å²) in [4.78, 5) is 14.6. The summed E-state index contributed by atoms with van der Waals surface area (Å²) in [7, 11) is 0. The quantitative estimate of drug-likeness (QED) is 0.730. The van der Waals surface area contributed by atoms with E-state index in [1.165, 1.54) is 5.56 Å². The number of aryl methyl sites for hydroxylation is 1. The minimum absolute atomic E-state index is 0.110. The van der Waals surface area contributed by atoms with Crippen LogP contribution in [0.1, 0.15) is 27.7 Å². The van der Waals surface area contributed by atoms with Crippen molar-refractivity contribution in [2.75, 3.05) is 19.7 Å². The van der Waals surface area contributed by atoms with Crippen LogP contribution in [0.2, 0.25) is 0 Å². The maximum atomic E-state index is 12.8. The lowest BCUT2D eigenvalue weighted by Crippen LogP contribution is -2.42. The van der Waals surface area contributed by atoms with E-state index in [1.54, 1.807) is 15.8 Å². The normalized spacial score (nSPS) is 17.3. The van der Waals surface area contributed by atoms with Crippen LogP contribution in [0.15, 0.2) is 60.8 Å². The van der Waals surface area contributed by atoms with Crippen LogP contribution in [-0.2, 0) is 4.74 Å². The van der Waals surface area contributed by atoms with E-state index in [-0.39, 0.29) is 12.0 Å². The first-order chi connectivity index (χ1) is 12.7. The Bertz CT molecular complexity index is 890. The van der Waals surface area contributed by atoms with Gasteiger partial charge in [0.25, 0.3) is 5.91 Å². The van der Waals surface area contributed by atoms with Gasteiger partial charge in [0, 0.05) is 6.54 Å². The lowest BCUT2D eigenvalue weighted by molar-refractivity contribution is -0.0230. The van der Waals surface area contributed by atoms with Gasteiger partial charge in [0.1, 0.15) is 6.10 Å². The zero-order valence-corrected chi connectivity index (χ0v) is 14.6. The van der Waals surface area contributed by atoms with Crippen molar-refractivity contribution >= 4 is 5.91 Å². The summed E-state index contributed by atoms with van der Waals surface area (Å²) in [6.45, 7) is 3.61. The van der Waals surface area contributed by atoms with Crippen molar-refractivity contribution in [3.05, 3.63) is 77.6 Å². The molecule has 1 aromatic heterocycles. The fourth-order valence-electron chi connectivity index (χ4n) is 3.05. The Labute approximate surface area is 152 Å². The number of benzene rings is 2. The molecule has 4 rings (SSSR count). The summed E-state index contributed by atoms with van der Waals surface area (Å²) in [5, 5.41) is 8.17. The van der Waals surface area contributed by atoms with Gasteiger partial charge in [0.2, 0.25) is 0 Å². The van der Waals surface area contributed by atoms with Crippen LogP contribution in [0.4, 0.5) is 0 Å². The maximum absolute atomic E-state index is 12.8. The van der Waals surface area contributed by atoms with E-state index in [0.717, 1.165) is 11.3 Å². The Morgan fingerprint density at radius 2 is 1.88 bits per heavy atom. The minimum Gasteiger partial charge on any atom is -0.370 e. The summed E-state index contributed by atoms with van der Waals surface area (Å²) in [5.74, 6) is -0.118. The predicted molar refractivity (Wildman–Crippen MR) is 97.1 cm³/mol. The number of rotatable bonds is 3. The molecule has 1 fully saturated rings. The molecule has 1 aliphatic heterocycles. The fraction of sp³-hybridized carbons (Fsp3) is 0.250. The molecular weight excluding hydrogens is 328 g/mol. The molecule has 0 bridgehead atoms. The second-order valence-corrected chi connectivity index (χ2v) is 6.41. The molecule has 1 amide bonds. The molecule has 0 radical (unpaired) electrons. The fourth-order valence-corrected chi connectivity index (χ4v) is 3.05. The van der Waals surface area contributed by atoms with E-state index in [4.69, 9.17) is 4.74 Å². The van der Waals surface area contributed by atoms with Crippen molar-refractivity contribution in [1.82, 2.24) is 19.9 Å². The molecule has 0 spiro atoms. The number of aromatic nitrogens is 3. The van der Waals surface area contributed by atoms with Crippen molar-refractivity contribution in [3.8, 4) is 5.69 Å². The van der Waals surface area contributed by atoms with Crippen molar-refractivity contribution in [3.63, 3.8) is 0 Å². The van der Waals surface area contributed by atoms with Gasteiger partial charge in [-0.25, -0.2) is 4.68 Å². The van der Waals surface area contributed by atoms with Crippen LogP contribution in [0, 0.1) is 6.92 Å². The average Bonchev–Trinajstić information content (AvgIpc) is 3.19. The van der Waals surface area contributed by atoms with E-state index >= 15 is 0 Å². The third-order valence-electron chi connectivity index (χ3n) is 4.54. The monoisotopic (exact) mass is 348 g/mol. The molecule has 6 heteroatoms. The number of hydrogen-bond donors (Lipinski definition) is 0. The molecule has 0 N–H and O–H groups in total. The first-order valence-corrected chi connectivity index (χ1v) is 8.66. The molecule has 1 saturated heterocycles. The summed E-state index contributed by atoms with van der Waals surface area (Å²) in [6.07, 6.45) is 1.57. The van der Waals surface area contributed by atoms with Gasteiger partial charge in [-0.3, -0.25) is 4.79 Å². The summed E-state index contributed by atoms with van der Waals surface area (Å²) in [6, 6.07) is 17.9. The highest BCUT2D eigenvalue weighted by molar-refractivity contribution is 5.92. The van der Waals surface area contributed by atoms with Gasteiger partial charge in [0.05, 0.1) is 25.0 Å². The van der Waals surface area contributed by atoms with E-state index < -0.39 is 0 Å². The Morgan fingerprint density at radius 1 is 1.12 bits per heavy atom. The highest BCUT2D eigenvalue weighted by Gasteiger charge is 2.27. The molecule has 2 aromatic carbocycles. The molecule has 1 aliphatic rings. The summed E-state index contributed by atoms with van der Waals surface area (Å²) < 4.78 is 7.46. The molecule has 132 valence electrons. The van der Waals surface area contributed by atoms with Gasteiger partial charge in [-0.15, -0.1) is 5.10 Å². The highest BCUT2D eigenvalue weighted by Crippen LogP contribution is 2.23. The van der Waals surface area contributed by atoms with Crippen LogP contribution in [0.3, 0.4) is 0 Å².